The van der Waals surface area contributed by atoms with Crippen LogP contribution in [0.4, 0.5) is 0 Å². The smallest absolute Gasteiger partial charge is 0.211 e. The van der Waals surface area contributed by atoms with E-state index >= 15 is 0 Å². The van der Waals surface area contributed by atoms with Crippen LogP contribution in [0.1, 0.15) is 39.5 Å². The number of sulfonamides is 1. The molecule has 1 aliphatic heterocycles. The molecule has 0 amide bonds. The van der Waals surface area contributed by atoms with Crippen molar-refractivity contribution in [3.05, 3.63) is 0 Å². The molecule has 0 radical (unpaired) electrons. The minimum atomic E-state index is -3.08. The summed E-state index contributed by atoms with van der Waals surface area (Å²) in [4.78, 5) is 0. The first kappa shape index (κ1) is 16.9. The van der Waals surface area contributed by atoms with Crippen molar-refractivity contribution >= 4 is 10.0 Å². The lowest BCUT2D eigenvalue weighted by Crippen LogP contribution is -2.44. The van der Waals surface area contributed by atoms with Crippen molar-refractivity contribution in [2.24, 2.45) is 11.7 Å². The van der Waals surface area contributed by atoms with Gasteiger partial charge < -0.3 is 10.5 Å². The molecule has 1 unspecified atom stereocenters. The molecule has 2 N–H and O–H groups in total. The van der Waals surface area contributed by atoms with Crippen molar-refractivity contribution in [1.82, 2.24) is 4.31 Å². The van der Waals surface area contributed by atoms with Gasteiger partial charge in [0.1, 0.15) is 0 Å². The molecule has 0 bridgehead atoms. The highest BCUT2D eigenvalue weighted by molar-refractivity contribution is 7.88. The van der Waals surface area contributed by atoms with Gasteiger partial charge in [0.25, 0.3) is 0 Å². The van der Waals surface area contributed by atoms with Gasteiger partial charge in [0.2, 0.25) is 10.0 Å². The van der Waals surface area contributed by atoms with Crippen LogP contribution >= 0.6 is 0 Å². The van der Waals surface area contributed by atoms with E-state index in [1.54, 1.807) is 4.31 Å². The van der Waals surface area contributed by atoms with Gasteiger partial charge >= 0.3 is 0 Å². The quantitative estimate of drug-likeness (QED) is 0.765. The highest BCUT2D eigenvalue weighted by atomic mass is 32.2. The van der Waals surface area contributed by atoms with Gasteiger partial charge in [-0.25, -0.2) is 12.7 Å². The van der Waals surface area contributed by atoms with Crippen LogP contribution in [-0.4, -0.2) is 50.8 Å². The summed E-state index contributed by atoms with van der Waals surface area (Å²) < 4.78 is 30.7. The highest BCUT2D eigenvalue weighted by Gasteiger charge is 2.30. The van der Waals surface area contributed by atoms with Crippen LogP contribution in [0.5, 0.6) is 0 Å². The lowest BCUT2D eigenvalue weighted by atomic mass is 9.96. The zero-order valence-electron chi connectivity index (χ0n) is 12.4. The summed E-state index contributed by atoms with van der Waals surface area (Å²) in [5, 5.41) is 0. The number of hydrogen-bond acceptors (Lipinski definition) is 4. The van der Waals surface area contributed by atoms with E-state index in [0.717, 1.165) is 25.7 Å². The largest absolute Gasteiger partial charge is 0.373 e. The monoisotopic (exact) mass is 292 g/mol. The maximum absolute atomic E-state index is 11.6. The van der Waals surface area contributed by atoms with Gasteiger partial charge in [-0.05, 0) is 31.6 Å². The van der Waals surface area contributed by atoms with Gasteiger partial charge in [0.15, 0.2) is 0 Å². The summed E-state index contributed by atoms with van der Waals surface area (Å²) >= 11 is 0. The minimum absolute atomic E-state index is 0.243. The van der Waals surface area contributed by atoms with E-state index in [0.29, 0.717) is 26.2 Å². The van der Waals surface area contributed by atoms with E-state index in [-0.39, 0.29) is 11.5 Å². The van der Waals surface area contributed by atoms with Gasteiger partial charge in [0.05, 0.1) is 18.5 Å². The van der Waals surface area contributed by atoms with E-state index < -0.39 is 10.0 Å². The van der Waals surface area contributed by atoms with E-state index in [9.17, 15) is 8.42 Å². The van der Waals surface area contributed by atoms with E-state index in [1.165, 1.54) is 6.26 Å². The number of ether oxygens (including phenoxy) is 1. The Balaban J connectivity index is 2.53. The molecule has 1 fully saturated rings. The summed E-state index contributed by atoms with van der Waals surface area (Å²) in [5.74, 6) is 0.285. The van der Waals surface area contributed by atoms with E-state index in [4.69, 9.17) is 10.5 Å². The highest BCUT2D eigenvalue weighted by Crippen LogP contribution is 2.24. The Bertz CT molecular complexity index is 358. The van der Waals surface area contributed by atoms with Crippen molar-refractivity contribution in [2.75, 3.05) is 32.5 Å². The third-order valence-electron chi connectivity index (χ3n) is 4.24. The third-order valence-corrected chi connectivity index (χ3v) is 5.51. The molecule has 0 aromatic rings. The molecule has 1 heterocycles. The van der Waals surface area contributed by atoms with Crippen molar-refractivity contribution in [1.29, 1.82) is 0 Å². The Hall–Kier alpha value is -0.170. The average molecular weight is 292 g/mol. The lowest BCUT2D eigenvalue weighted by Gasteiger charge is -2.35. The molecule has 114 valence electrons. The Kier molecular flexibility index (Phi) is 6.23. The molecule has 0 aromatic heterocycles. The molecule has 1 saturated heterocycles. The number of rotatable bonds is 7. The number of piperidine rings is 1. The molecule has 0 saturated carbocycles. The molecule has 6 heteroatoms. The Morgan fingerprint density at radius 3 is 2.47 bits per heavy atom. The normalized spacial score (nSPS) is 22.6. The molecule has 0 aromatic carbocycles. The molecule has 1 atom stereocenters. The van der Waals surface area contributed by atoms with Crippen LogP contribution in [0, 0.1) is 5.92 Å². The molecule has 0 aliphatic carbocycles. The van der Waals surface area contributed by atoms with Crippen LogP contribution < -0.4 is 5.73 Å². The topological polar surface area (TPSA) is 72.6 Å². The Morgan fingerprint density at radius 1 is 1.37 bits per heavy atom. The molecule has 0 spiro atoms. The maximum Gasteiger partial charge on any atom is 0.211 e. The van der Waals surface area contributed by atoms with Crippen molar-refractivity contribution in [2.45, 2.75) is 45.1 Å². The zero-order valence-corrected chi connectivity index (χ0v) is 13.2. The van der Waals surface area contributed by atoms with Crippen molar-refractivity contribution in [3.63, 3.8) is 0 Å². The molecular weight excluding hydrogens is 264 g/mol. The average Bonchev–Trinajstić information content (AvgIpc) is 2.40. The van der Waals surface area contributed by atoms with Crippen LogP contribution in [0.15, 0.2) is 0 Å². The number of hydrogen-bond donors (Lipinski definition) is 1. The predicted octanol–water partition coefficient (Wildman–Crippen LogP) is 1.19. The van der Waals surface area contributed by atoms with Crippen LogP contribution in [0.2, 0.25) is 0 Å². The van der Waals surface area contributed by atoms with E-state index in [1.807, 2.05) is 0 Å². The minimum Gasteiger partial charge on any atom is -0.373 e. The molecule has 5 nitrogen and oxygen atoms in total. The Morgan fingerprint density at radius 2 is 2.00 bits per heavy atom. The van der Waals surface area contributed by atoms with E-state index in [2.05, 4.69) is 13.8 Å². The molecular formula is C13H28N2O3S. The van der Waals surface area contributed by atoms with Gasteiger partial charge in [-0.15, -0.1) is 0 Å². The Labute approximate surface area is 117 Å². The third kappa shape index (κ3) is 4.70. The second kappa shape index (κ2) is 7.02. The summed E-state index contributed by atoms with van der Waals surface area (Å²) in [6.45, 7) is 6.50. The number of nitrogens with zero attached hydrogens (tertiary/aromatic N) is 1. The summed E-state index contributed by atoms with van der Waals surface area (Å²) in [6, 6.07) is 0. The zero-order chi connectivity index (χ0) is 14.5. The fourth-order valence-electron chi connectivity index (χ4n) is 2.56. The standard InChI is InChI=1S/C13H28N2O3S/c1-4-13(5-2,11-14)18-10-12-7-6-8-15(9-12)19(3,16)17/h12H,4-11,14H2,1-3H3. The molecule has 1 aliphatic rings. The van der Waals surface area contributed by atoms with Crippen molar-refractivity contribution < 1.29 is 13.2 Å². The van der Waals surface area contributed by atoms with Crippen LogP contribution in [0.3, 0.4) is 0 Å². The lowest BCUT2D eigenvalue weighted by molar-refractivity contribution is -0.0649. The first-order valence-corrected chi connectivity index (χ1v) is 9.01. The number of nitrogens with two attached hydrogens (primary N) is 1. The second-order valence-electron chi connectivity index (χ2n) is 5.53. The van der Waals surface area contributed by atoms with Gasteiger partial charge in [-0.3, -0.25) is 0 Å². The predicted molar refractivity (Wildman–Crippen MR) is 77.5 cm³/mol. The van der Waals surface area contributed by atoms with Crippen LogP contribution in [0.25, 0.3) is 0 Å². The van der Waals surface area contributed by atoms with Gasteiger partial charge in [-0.1, -0.05) is 13.8 Å². The maximum atomic E-state index is 11.6. The van der Waals surface area contributed by atoms with Crippen LogP contribution in [-0.2, 0) is 14.8 Å². The first-order chi connectivity index (χ1) is 8.87. The summed E-state index contributed by atoms with van der Waals surface area (Å²) in [7, 11) is -3.08. The summed E-state index contributed by atoms with van der Waals surface area (Å²) in [5.41, 5.74) is 5.57. The first-order valence-electron chi connectivity index (χ1n) is 7.16. The van der Waals surface area contributed by atoms with Crippen molar-refractivity contribution in [3.8, 4) is 0 Å². The SMILES string of the molecule is CCC(CC)(CN)OCC1CCCN(S(C)(=O)=O)C1. The second-order valence-corrected chi connectivity index (χ2v) is 7.52. The fraction of sp³-hybridized carbons (Fsp3) is 1.00. The molecule has 1 rings (SSSR count). The fourth-order valence-corrected chi connectivity index (χ4v) is 3.50. The summed E-state index contributed by atoms with van der Waals surface area (Å²) in [6.07, 6.45) is 5.00. The van der Waals surface area contributed by atoms with Gasteiger partial charge in [0, 0.05) is 19.6 Å². The van der Waals surface area contributed by atoms with Gasteiger partial charge in [-0.2, -0.15) is 0 Å². The molecule has 19 heavy (non-hydrogen) atoms.